The first-order valence-electron chi connectivity index (χ1n) is 6.31. The summed E-state index contributed by atoms with van der Waals surface area (Å²) in [4.78, 5) is 19.9. The molecule has 6 heteroatoms. The molecule has 106 valence electrons. The van der Waals surface area contributed by atoms with Crippen LogP contribution in [-0.4, -0.2) is 26.0 Å². The lowest BCUT2D eigenvalue weighted by Gasteiger charge is -2.15. The lowest BCUT2D eigenvalue weighted by atomic mass is 9.90. The number of halogens is 1. The van der Waals surface area contributed by atoms with Crippen molar-refractivity contribution in [2.24, 2.45) is 0 Å². The summed E-state index contributed by atoms with van der Waals surface area (Å²) < 4.78 is 1.42. The minimum Gasteiger partial charge on any atom is -0.298 e. The van der Waals surface area contributed by atoms with E-state index in [4.69, 9.17) is 11.6 Å². The minimum atomic E-state index is -0.288. The molecule has 0 bridgehead atoms. The molecule has 0 aliphatic rings. The van der Waals surface area contributed by atoms with E-state index in [0.717, 1.165) is 17.7 Å². The van der Waals surface area contributed by atoms with Crippen LogP contribution in [0.3, 0.4) is 0 Å². The zero-order valence-electron chi connectivity index (χ0n) is 12.2. The average molecular weight is 293 g/mol. The van der Waals surface area contributed by atoms with Gasteiger partial charge in [0.05, 0.1) is 11.3 Å². The second kappa shape index (κ2) is 4.98. The maximum atomic E-state index is 11.3. The quantitative estimate of drug-likeness (QED) is 0.798. The maximum absolute atomic E-state index is 11.3. The topological polar surface area (TPSA) is 60.7 Å². The van der Waals surface area contributed by atoms with Crippen molar-refractivity contribution in [1.29, 1.82) is 0 Å². The van der Waals surface area contributed by atoms with E-state index in [1.165, 1.54) is 4.68 Å². The summed E-state index contributed by atoms with van der Waals surface area (Å²) in [6.07, 6.45) is 0.731. The molecule has 2 rings (SSSR count). The first kappa shape index (κ1) is 14.7. The van der Waals surface area contributed by atoms with Crippen LogP contribution in [0, 0.1) is 13.8 Å². The lowest BCUT2D eigenvalue weighted by molar-refractivity contribution is 0.112. The second-order valence-electron chi connectivity index (χ2n) is 5.78. The van der Waals surface area contributed by atoms with E-state index in [1.807, 2.05) is 40.7 Å². The van der Waals surface area contributed by atoms with Crippen LogP contribution in [0.25, 0.3) is 5.95 Å². The molecular formula is C14H17ClN4O. The minimum absolute atomic E-state index is 0.245. The van der Waals surface area contributed by atoms with Gasteiger partial charge in [-0.3, -0.25) is 4.79 Å². The van der Waals surface area contributed by atoms with Crippen LogP contribution in [0.5, 0.6) is 0 Å². The number of aryl methyl sites for hydroxylation is 2. The number of aldehydes is 1. The fourth-order valence-corrected chi connectivity index (χ4v) is 2.25. The van der Waals surface area contributed by atoms with Crippen LogP contribution in [0.1, 0.15) is 48.2 Å². The highest BCUT2D eigenvalue weighted by Crippen LogP contribution is 2.29. The molecule has 5 nitrogen and oxygen atoms in total. The van der Waals surface area contributed by atoms with E-state index in [-0.39, 0.29) is 10.6 Å². The standard InChI is InChI=1S/C14H17ClN4O/c1-8-6-9(2)17-13(16-8)19-12(15)10(7-20)11(18-19)14(3,4)5/h6-7H,1-5H3. The van der Waals surface area contributed by atoms with Crippen LogP contribution in [0.2, 0.25) is 5.15 Å². The average Bonchev–Trinajstić information content (AvgIpc) is 2.64. The number of hydrogen-bond acceptors (Lipinski definition) is 4. The van der Waals surface area contributed by atoms with Crippen LogP contribution < -0.4 is 0 Å². The number of nitrogens with zero attached hydrogens (tertiary/aromatic N) is 4. The Kier molecular flexibility index (Phi) is 3.65. The zero-order chi connectivity index (χ0) is 15.1. The highest BCUT2D eigenvalue weighted by molar-refractivity contribution is 6.32. The lowest BCUT2D eigenvalue weighted by Crippen LogP contribution is -2.15. The normalized spacial score (nSPS) is 11.7. The van der Waals surface area contributed by atoms with Crippen LogP contribution in [-0.2, 0) is 5.41 Å². The van der Waals surface area contributed by atoms with Crippen LogP contribution in [0.4, 0.5) is 0 Å². The Hall–Kier alpha value is -1.75. The molecule has 0 aliphatic carbocycles. The van der Waals surface area contributed by atoms with Gasteiger partial charge in [0, 0.05) is 16.8 Å². The monoisotopic (exact) mass is 292 g/mol. The van der Waals surface area contributed by atoms with Gasteiger partial charge in [-0.25, -0.2) is 9.97 Å². The Labute approximate surface area is 123 Å². The molecule has 2 aromatic rings. The molecule has 2 heterocycles. The van der Waals surface area contributed by atoms with E-state index < -0.39 is 0 Å². The van der Waals surface area contributed by atoms with E-state index in [2.05, 4.69) is 15.1 Å². The summed E-state index contributed by atoms with van der Waals surface area (Å²) in [5.41, 5.74) is 2.39. The summed E-state index contributed by atoms with van der Waals surface area (Å²) in [5.74, 6) is 0.381. The first-order valence-corrected chi connectivity index (χ1v) is 6.68. The van der Waals surface area contributed by atoms with Crippen molar-refractivity contribution in [1.82, 2.24) is 19.7 Å². The largest absolute Gasteiger partial charge is 0.298 e. The van der Waals surface area contributed by atoms with Crippen molar-refractivity contribution in [3.8, 4) is 5.95 Å². The summed E-state index contributed by atoms with van der Waals surface area (Å²) >= 11 is 6.26. The third-order valence-electron chi connectivity index (χ3n) is 2.85. The highest BCUT2D eigenvalue weighted by atomic mass is 35.5. The van der Waals surface area contributed by atoms with Gasteiger partial charge in [0.2, 0.25) is 0 Å². The number of aromatic nitrogens is 4. The van der Waals surface area contributed by atoms with E-state index in [1.54, 1.807) is 0 Å². The van der Waals surface area contributed by atoms with Gasteiger partial charge in [0.1, 0.15) is 5.15 Å². The number of carbonyl (C=O) groups is 1. The summed E-state index contributed by atoms with van der Waals surface area (Å²) in [5, 5.41) is 4.68. The SMILES string of the molecule is Cc1cc(C)nc(-n2nc(C(C)(C)C)c(C=O)c2Cl)n1. The van der Waals surface area contributed by atoms with Gasteiger partial charge in [0.25, 0.3) is 5.95 Å². The maximum Gasteiger partial charge on any atom is 0.252 e. The van der Waals surface area contributed by atoms with E-state index in [0.29, 0.717) is 17.2 Å². The number of carbonyl (C=O) groups excluding carboxylic acids is 1. The fourth-order valence-electron chi connectivity index (χ4n) is 2.00. The molecule has 0 spiro atoms. The highest BCUT2D eigenvalue weighted by Gasteiger charge is 2.27. The molecule has 20 heavy (non-hydrogen) atoms. The summed E-state index contributed by atoms with van der Waals surface area (Å²) in [6, 6.07) is 1.87. The Morgan fingerprint density at radius 1 is 1.20 bits per heavy atom. The molecule has 0 amide bonds. The third-order valence-corrected chi connectivity index (χ3v) is 3.22. The fraction of sp³-hybridized carbons (Fsp3) is 0.429. The van der Waals surface area contributed by atoms with E-state index >= 15 is 0 Å². The number of rotatable bonds is 2. The predicted octanol–water partition coefficient (Wildman–Crippen LogP) is 3.04. The molecule has 0 saturated carbocycles. The van der Waals surface area contributed by atoms with Crippen LogP contribution >= 0.6 is 11.6 Å². The van der Waals surface area contributed by atoms with E-state index in [9.17, 15) is 4.79 Å². The van der Waals surface area contributed by atoms with Gasteiger partial charge < -0.3 is 0 Å². The molecule has 0 saturated heterocycles. The van der Waals surface area contributed by atoms with Gasteiger partial charge in [-0.2, -0.15) is 9.78 Å². The molecule has 0 aliphatic heterocycles. The van der Waals surface area contributed by atoms with Gasteiger partial charge in [-0.05, 0) is 19.9 Å². The molecule has 0 N–H and O–H groups in total. The van der Waals surface area contributed by atoms with Gasteiger partial charge in [0.15, 0.2) is 6.29 Å². The zero-order valence-corrected chi connectivity index (χ0v) is 13.0. The van der Waals surface area contributed by atoms with Crippen molar-refractivity contribution < 1.29 is 4.79 Å². The summed E-state index contributed by atoms with van der Waals surface area (Å²) in [6.45, 7) is 9.68. The third kappa shape index (κ3) is 2.58. The Morgan fingerprint density at radius 2 is 1.75 bits per heavy atom. The Morgan fingerprint density at radius 3 is 2.15 bits per heavy atom. The molecular weight excluding hydrogens is 276 g/mol. The smallest absolute Gasteiger partial charge is 0.252 e. The van der Waals surface area contributed by atoms with Crippen molar-refractivity contribution in [3.05, 3.63) is 33.9 Å². The molecule has 0 unspecified atom stereocenters. The molecule has 0 fully saturated rings. The molecule has 0 atom stereocenters. The van der Waals surface area contributed by atoms with Crippen molar-refractivity contribution in [3.63, 3.8) is 0 Å². The number of hydrogen-bond donors (Lipinski definition) is 0. The van der Waals surface area contributed by atoms with Crippen molar-refractivity contribution in [2.45, 2.75) is 40.0 Å². The van der Waals surface area contributed by atoms with Gasteiger partial charge in [-0.1, -0.05) is 32.4 Å². The predicted molar refractivity (Wildman–Crippen MR) is 77.7 cm³/mol. The molecule has 0 aromatic carbocycles. The Balaban J connectivity index is 2.69. The first-order chi connectivity index (χ1) is 9.24. The molecule has 0 radical (unpaired) electrons. The van der Waals surface area contributed by atoms with Crippen molar-refractivity contribution >= 4 is 17.9 Å². The van der Waals surface area contributed by atoms with Gasteiger partial charge >= 0.3 is 0 Å². The second-order valence-corrected chi connectivity index (χ2v) is 6.14. The Bertz CT molecular complexity index is 650. The van der Waals surface area contributed by atoms with Gasteiger partial charge in [-0.15, -0.1) is 0 Å². The van der Waals surface area contributed by atoms with Crippen molar-refractivity contribution in [2.75, 3.05) is 0 Å². The molecule has 2 aromatic heterocycles. The summed E-state index contributed by atoms with van der Waals surface area (Å²) in [7, 11) is 0. The van der Waals surface area contributed by atoms with Crippen LogP contribution in [0.15, 0.2) is 6.07 Å².